The minimum atomic E-state index is -1.81. The number of nitrogens with one attached hydrogen (secondary N) is 1. The number of amides is 2. The van der Waals surface area contributed by atoms with Gasteiger partial charge in [0.2, 0.25) is 9.17 Å². The van der Waals surface area contributed by atoms with Crippen molar-refractivity contribution >= 4 is 63.8 Å². The summed E-state index contributed by atoms with van der Waals surface area (Å²) in [6, 6.07) is 6.54. The average Bonchev–Trinajstić information content (AvgIpc) is 2.87. The first-order valence-corrected chi connectivity index (χ1v) is 11.2. The Morgan fingerprint density at radius 1 is 1.27 bits per heavy atom. The highest BCUT2D eigenvalue weighted by molar-refractivity contribution is 7.94. The summed E-state index contributed by atoms with van der Waals surface area (Å²) in [7, 11) is 0. The Balaban J connectivity index is 1.64. The van der Waals surface area contributed by atoms with Gasteiger partial charge in [-0.1, -0.05) is 53.0 Å². The summed E-state index contributed by atoms with van der Waals surface area (Å²) >= 11 is 15.1. The molecule has 2 saturated heterocycles. The molecule has 2 fully saturated rings. The Morgan fingerprint density at radius 3 is 2.50 bits per heavy atom. The van der Waals surface area contributed by atoms with Gasteiger partial charge in [-0.3, -0.25) is 14.5 Å². The van der Waals surface area contributed by atoms with Gasteiger partial charge in [0.25, 0.3) is 11.8 Å². The van der Waals surface area contributed by atoms with Crippen molar-refractivity contribution in [1.29, 1.82) is 0 Å². The summed E-state index contributed by atoms with van der Waals surface area (Å²) in [6.07, 6.45) is 0. The van der Waals surface area contributed by atoms with Gasteiger partial charge in [-0.15, -0.1) is 0 Å². The molecule has 2 aliphatic rings. The highest BCUT2D eigenvalue weighted by Crippen LogP contribution is 2.46. The number of carbonyl (C=O) groups excluding carboxylic acids is 3. The van der Waals surface area contributed by atoms with E-state index in [1.54, 1.807) is 44.2 Å². The van der Waals surface area contributed by atoms with Crippen molar-refractivity contribution in [1.82, 2.24) is 10.2 Å². The first-order valence-electron chi connectivity index (χ1n) is 8.87. The van der Waals surface area contributed by atoms with E-state index in [0.717, 1.165) is 0 Å². The molecule has 164 valence electrons. The quantitative estimate of drug-likeness (QED) is 0.276. The zero-order valence-electron chi connectivity index (χ0n) is 16.0. The van der Waals surface area contributed by atoms with Crippen molar-refractivity contribution in [2.45, 2.75) is 39.8 Å². The number of hydrogen-bond donors (Lipinski definition) is 1. The van der Waals surface area contributed by atoms with Crippen molar-refractivity contribution in [2.24, 2.45) is 0 Å². The predicted molar refractivity (Wildman–Crippen MR) is 112 cm³/mol. The minimum Gasteiger partial charge on any atom is -0.614 e. The van der Waals surface area contributed by atoms with Gasteiger partial charge in [0, 0.05) is 0 Å². The lowest BCUT2D eigenvalue weighted by atomic mass is 9.96. The van der Waals surface area contributed by atoms with Gasteiger partial charge >= 0.3 is 5.97 Å². The second-order valence-electron chi connectivity index (χ2n) is 7.31. The number of benzene rings is 1. The maximum atomic E-state index is 13.0. The lowest BCUT2D eigenvalue weighted by molar-refractivity contribution is -0.164. The third-order valence-electron chi connectivity index (χ3n) is 4.79. The number of ether oxygens (including phenoxy) is 2. The number of para-hydroxylation sites is 1. The Bertz CT molecular complexity index is 835. The Morgan fingerprint density at radius 2 is 1.90 bits per heavy atom. The highest BCUT2D eigenvalue weighted by atomic mass is 35.6. The van der Waals surface area contributed by atoms with Crippen LogP contribution in [0.3, 0.4) is 0 Å². The van der Waals surface area contributed by atoms with Crippen molar-refractivity contribution in [3.05, 3.63) is 30.3 Å². The van der Waals surface area contributed by atoms with Gasteiger partial charge in [0.05, 0.1) is 0 Å². The predicted octanol–water partition coefficient (Wildman–Crippen LogP) is 1.54. The summed E-state index contributed by atoms with van der Waals surface area (Å²) in [5.41, 5.74) is 0. The molecule has 3 rings (SSSR count). The van der Waals surface area contributed by atoms with E-state index >= 15 is 0 Å². The number of esters is 1. The largest absolute Gasteiger partial charge is 0.614 e. The lowest BCUT2D eigenvalue weighted by Gasteiger charge is -2.41. The fraction of sp³-hybridized carbons (Fsp3) is 0.500. The first-order chi connectivity index (χ1) is 13.9. The number of nitrogens with zero attached hydrogens (tertiary/aromatic N) is 1. The van der Waals surface area contributed by atoms with Crippen molar-refractivity contribution in [2.75, 3.05) is 13.2 Å². The number of β-lactam (4-membered cyclic amide) rings is 1. The molecule has 12 heteroatoms. The van der Waals surface area contributed by atoms with Crippen LogP contribution in [0.2, 0.25) is 0 Å². The number of fused-ring (bicyclic) bond motifs is 1. The van der Waals surface area contributed by atoms with Crippen LogP contribution in [-0.2, 0) is 30.3 Å². The zero-order chi connectivity index (χ0) is 22.3. The number of halogens is 3. The van der Waals surface area contributed by atoms with Gasteiger partial charge in [-0.25, -0.2) is 4.79 Å². The Kier molecular flexibility index (Phi) is 6.69. The van der Waals surface area contributed by atoms with Crippen LogP contribution >= 0.6 is 34.8 Å². The lowest BCUT2D eigenvalue weighted by Crippen LogP contribution is -2.72. The summed E-state index contributed by atoms with van der Waals surface area (Å²) in [6.45, 7) is 2.32. The number of carbonyl (C=O) groups is 3. The molecule has 1 aromatic carbocycles. The number of alkyl halides is 3. The fourth-order valence-corrected chi connectivity index (χ4v) is 5.47. The van der Waals surface area contributed by atoms with Gasteiger partial charge in [0.15, 0.2) is 23.4 Å². The van der Waals surface area contributed by atoms with Crippen LogP contribution < -0.4 is 10.1 Å². The molecule has 1 N–H and O–H groups in total. The second kappa shape index (κ2) is 8.63. The van der Waals surface area contributed by atoms with E-state index in [1.165, 1.54) is 4.90 Å². The molecule has 4 atom stereocenters. The molecule has 0 radical (unpaired) electrons. The van der Waals surface area contributed by atoms with Crippen LogP contribution in [0.1, 0.15) is 13.8 Å². The zero-order valence-corrected chi connectivity index (χ0v) is 19.1. The normalized spacial score (nSPS) is 27.1. The Labute approximate surface area is 191 Å². The summed E-state index contributed by atoms with van der Waals surface area (Å²) < 4.78 is 20.4. The molecular formula is C18H19Cl3N2O6S. The van der Waals surface area contributed by atoms with Crippen molar-refractivity contribution in [3.63, 3.8) is 0 Å². The van der Waals surface area contributed by atoms with Gasteiger partial charge in [0.1, 0.15) is 12.4 Å². The van der Waals surface area contributed by atoms with E-state index in [2.05, 4.69) is 5.32 Å². The molecule has 8 nitrogen and oxygen atoms in total. The highest BCUT2D eigenvalue weighted by Gasteiger charge is 2.73. The maximum Gasteiger partial charge on any atom is 0.334 e. The van der Waals surface area contributed by atoms with Crippen LogP contribution in [0.4, 0.5) is 0 Å². The molecule has 30 heavy (non-hydrogen) atoms. The average molecular weight is 498 g/mol. The third kappa shape index (κ3) is 4.60. The van der Waals surface area contributed by atoms with E-state index in [-0.39, 0.29) is 6.61 Å². The molecule has 0 aliphatic carbocycles. The smallest absolute Gasteiger partial charge is 0.334 e. The van der Waals surface area contributed by atoms with E-state index < -0.39 is 61.6 Å². The van der Waals surface area contributed by atoms with Crippen LogP contribution in [0.5, 0.6) is 5.75 Å². The molecule has 0 saturated carbocycles. The minimum absolute atomic E-state index is 0.314. The first kappa shape index (κ1) is 23.3. The molecule has 0 aromatic heterocycles. The van der Waals surface area contributed by atoms with Crippen LogP contribution in [0, 0.1) is 0 Å². The standard InChI is InChI=1S/C18H19Cl3N2O6S/c1-17(2)13(16(26)29-9-18(19,20)21)23-14(25)12(15(23)30(17)27)22-11(24)8-28-10-6-4-3-5-7-10/h3-7,12-13,15H,8-9H2,1-2H3,(H,22,24)/t12?,13?,15-,30?/m1/s1. The number of hydrogen-bond acceptors (Lipinski definition) is 6. The molecule has 2 heterocycles. The molecule has 2 aliphatic heterocycles. The van der Waals surface area contributed by atoms with Crippen molar-refractivity contribution < 1.29 is 28.4 Å². The van der Waals surface area contributed by atoms with Crippen LogP contribution in [0.25, 0.3) is 0 Å². The van der Waals surface area contributed by atoms with Gasteiger partial charge in [-0.05, 0) is 37.2 Å². The topological polar surface area (TPSA) is 108 Å². The molecule has 0 bridgehead atoms. The molecular weight excluding hydrogens is 479 g/mol. The monoisotopic (exact) mass is 496 g/mol. The molecule has 3 unspecified atom stereocenters. The Hall–Kier alpha value is -1.39. The summed E-state index contributed by atoms with van der Waals surface area (Å²) in [4.78, 5) is 38.6. The van der Waals surface area contributed by atoms with Gasteiger partial charge < -0.3 is 19.3 Å². The maximum absolute atomic E-state index is 13.0. The van der Waals surface area contributed by atoms with Crippen LogP contribution in [-0.4, -0.2) is 66.4 Å². The summed E-state index contributed by atoms with van der Waals surface area (Å²) in [5, 5.41) is 1.67. The van der Waals surface area contributed by atoms with Crippen LogP contribution in [0.15, 0.2) is 30.3 Å². The van der Waals surface area contributed by atoms with E-state index in [1.807, 2.05) is 0 Å². The van der Waals surface area contributed by atoms with Gasteiger partial charge in [-0.2, -0.15) is 0 Å². The van der Waals surface area contributed by atoms with E-state index in [0.29, 0.717) is 5.75 Å². The number of rotatable bonds is 6. The fourth-order valence-electron chi connectivity index (χ4n) is 3.39. The van der Waals surface area contributed by atoms with Crippen molar-refractivity contribution in [3.8, 4) is 5.75 Å². The molecule has 1 aromatic rings. The molecule has 0 spiro atoms. The summed E-state index contributed by atoms with van der Waals surface area (Å²) in [5.74, 6) is -1.42. The molecule has 2 amide bonds. The second-order valence-corrected chi connectivity index (χ2v) is 12.0. The SMILES string of the molecule is CC1(C)C(C(=O)OCC(Cl)(Cl)Cl)N2C(=O)C(NC(=O)COc3ccccc3)[C@H]2[S+]1[O-]. The van der Waals surface area contributed by atoms with E-state index in [4.69, 9.17) is 44.3 Å². The van der Waals surface area contributed by atoms with E-state index in [9.17, 15) is 18.9 Å². The third-order valence-corrected chi connectivity index (χ3v) is 7.31.